The van der Waals surface area contributed by atoms with E-state index in [0.717, 1.165) is 25.0 Å². The Hall–Kier alpha value is -1.33. The predicted octanol–water partition coefficient (Wildman–Crippen LogP) is 1.74. The van der Waals surface area contributed by atoms with Crippen molar-refractivity contribution in [2.45, 2.75) is 38.8 Å². The van der Waals surface area contributed by atoms with Gasteiger partial charge in [0.05, 0.1) is 19.9 Å². The van der Waals surface area contributed by atoms with Crippen LogP contribution in [0.25, 0.3) is 0 Å². The molecule has 2 atom stereocenters. The molecule has 0 spiro atoms. The van der Waals surface area contributed by atoms with Crippen molar-refractivity contribution in [2.75, 3.05) is 20.8 Å². The summed E-state index contributed by atoms with van der Waals surface area (Å²) in [4.78, 5) is 4.36. The maximum absolute atomic E-state index is 9.58. The fourth-order valence-corrected chi connectivity index (χ4v) is 2.97. The average molecular weight is 280 g/mol. The first kappa shape index (κ1) is 15.1. The zero-order valence-electron chi connectivity index (χ0n) is 12.5. The van der Waals surface area contributed by atoms with Gasteiger partial charge in [0.25, 0.3) is 0 Å². The number of aliphatic hydroxyl groups is 1. The van der Waals surface area contributed by atoms with E-state index in [1.54, 1.807) is 26.5 Å². The Morgan fingerprint density at radius 1 is 1.45 bits per heavy atom. The molecule has 2 N–H and O–H groups in total. The number of rotatable bonds is 6. The van der Waals surface area contributed by atoms with E-state index in [1.807, 2.05) is 0 Å². The van der Waals surface area contributed by atoms with Crippen LogP contribution >= 0.6 is 0 Å². The number of ether oxygens (including phenoxy) is 2. The molecule has 112 valence electrons. The minimum absolute atomic E-state index is 0.0356. The number of pyridine rings is 1. The van der Waals surface area contributed by atoms with Crippen LogP contribution in [-0.4, -0.2) is 37.0 Å². The molecule has 1 fully saturated rings. The molecule has 0 amide bonds. The lowest BCUT2D eigenvalue weighted by molar-refractivity contribution is 0.118. The topological polar surface area (TPSA) is 63.6 Å². The molecule has 1 aromatic rings. The lowest BCUT2D eigenvalue weighted by Crippen LogP contribution is -2.41. The SMILES string of the molecule is COc1ccnc(CN[C@@H]2CCC[C@]2(C)CO)c1OC. The van der Waals surface area contributed by atoms with Gasteiger partial charge in [0.1, 0.15) is 0 Å². The molecule has 2 rings (SSSR count). The normalized spacial score (nSPS) is 25.7. The van der Waals surface area contributed by atoms with Crippen molar-refractivity contribution in [3.8, 4) is 11.5 Å². The highest BCUT2D eigenvalue weighted by Crippen LogP contribution is 2.38. The highest BCUT2D eigenvalue weighted by molar-refractivity contribution is 5.42. The molecule has 0 unspecified atom stereocenters. The fraction of sp³-hybridized carbons (Fsp3) is 0.667. The van der Waals surface area contributed by atoms with Crippen molar-refractivity contribution in [3.05, 3.63) is 18.0 Å². The van der Waals surface area contributed by atoms with Gasteiger partial charge >= 0.3 is 0 Å². The van der Waals surface area contributed by atoms with Gasteiger partial charge in [-0.1, -0.05) is 13.3 Å². The number of nitrogens with one attached hydrogen (secondary N) is 1. The molecule has 0 saturated heterocycles. The third-order valence-electron chi connectivity index (χ3n) is 4.33. The van der Waals surface area contributed by atoms with Gasteiger partial charge < -0.3 is 19.9 Å². The Morgan fingerprint density at radius 3 is 2.90 bits per heavy atom. The lowest BCUT2D eigenvalue weighted by atomic mass is 9.86. The maximum Gasteiger partial charge on any atom is 0.183 e. The molecule has 5 heteroatoms. The van der Waals surface area contributed by atoms with Crippen molar-refractivity contribution < 1.29 is 14.6 Å². The second-order valence-corrected chi connectivity index (χ2v) is 5.63. The van der Waals surface area contributed by atoms with E-state index in [1.165, 1.54) is 0 Å². The van der Waals surface area contributed by atoms with Crippen molar-refractivity contribution in [2.24, 2.45) is 5.41 Å². The van der Waals surface area contributed by atoms with E-state index in [4.69, 9.17) is 9.47 Å². The molecule has 0 radical (unpaired) electrons. The Bertz CT molecular complexity index is 453. The first-order valence-electron chi connectivity index (χ1n) is 7.04. The summed E-state index contributed by atoms with van der Waals surface area (Å²) in [5, 5.41) is 13.1. The minimum Gasteiger partial charge on any atom is -0.493 e. The summed E-state index contributed by atoms with van der Waals surface area (Å²) in [6.45, 7) is 2.96. The van der Waals surface area contributed by atoms with E-state index in [-0.39, 0.29) is 12.0 Å². The van der Waals surface area contributed by atoms with Crippen LogP contribution in [0.2, 0.25) is 0 Å². The van der Waals surface area contributed by atoms with Gasteiger partial charge in [0, 0.05) is 36.9 Å². The number of nitrogens with zero attached hydrogens (tertiary/aromatic N) is 1. The monoisotopic (exact) mass is 280 g/mol. The first-order chi connectivity index (χ1) is 9.64. The van der Waals surface area contributed by atoms with Crippen LogP contribution in [0.3, 0.4) is 0 Å². The summed E-state index contributed by atoms with van der Waals surface area (Å²) >= 11 is 0. The molecule has 1 saturated carbocycles. The van der Waals surface area contributed by atoms with Gasteiger partial charge in [0.2, 0.25) is 0 Å². The smallest absolute Gasteiger partial charge is 0.183 e. The van der Waals surface area contributed by atoms with Crippen molar-refractivity contribution >= 4 is 0 Å². The first-order valence-corrected chi connectivity index (χ1v) is 7.04. The molecular weight excluding hydrogens is 256 g/mol. The Labute approximate surface area is 120 Å². The second kappa shape index (κ2) is 6.41. The number of aliphatic hydroxyl groups excluding tert-OH is 1. The Morgan fingerprint density at radius 2 is 2.25 bits per heavy atom. The summed E-state index contributed by atoms with van der Waals surface area (Å²) in [7, 11) is 3.24. The van der Waals surface area contributed by atoms with Gasteiger partial charge in [-0.05, 0) is 12.8 Å². The molecule has 1 aliphatic rings. The summed E-state index contributed by atoms with van der Waals surface area (Å²) < 4.78 is 10.7. The van der Waals surface area contributed by atoms with Crippen LogP contribution in [0.4, 0.5) is 0 Å². The van der Waals surface area contributed by atoms with E-state index in [2.05, 4.69) is 17.2 Å². The van der Waals surface area contributed by atoms with Crippen molar-refractivity contribution in [1.82, 2.24) is 10.3 Å². The molecule has 0 bridgehead atoms. The zero-order chi connectivity index (χ0) is 14.6. The molecule has 1 heterocycles. The van der Waals surface area contributed by atoms with Gasteiger partial charge in [-0.3, -0.25) is 4.98 Å². The predicted molar refractivity (Wildman–Crippen MR) is 77.0 cm³/mol. The van der Waals surface area contributed by atoms with Gasteiger partial charge in [-0.2, -0.15) is 0 Å². The summed E-state index contributed by atoms with van der Waals surface area (Å²) in [6, 6.07) is 2.10. The van der Waals surface area contributed by atoms with E-state index >= 15 is 0 Å². The van der Waals surface area contributed by atoms with Crippen molar-refractivity contribution in [1.29, 1.82) is 0 Å². The highest BCUT2D eigenvalue weighted by Gasteiger charge is 2.37. The minimum atomic E-state index is -0.0356. The molecule has 5 nitrogen and oxygen atoms in total. The average Bonchev–Trinajstić information content (AvgIpc) is 2.86. The molecule has 0 aliphatic heterocycles. The number of aromatic nitrogens is 1. The van der Waals surface area contributed by atoms with Crippen molar-refractivity contribution in [3.63, 3.8) is 0 Å². The molecule has 20 heavy (non-hydrogen) atoms. The van der Waals surface area contributed by atoms with Crippen LogP contribution < -0.4 is 14.8 Å². The largest absolute Gasteiger partial charge is 0.493 e. The highest BCUT2D eigenvalue weighted by atomic mass is 16.5. The standard InChI is InChI=1S/C15H24N2O3/c1-15(10-18)7-4-5-13(15)17-9-11-14(20-3)12(19-2)6-8-16-11/h6,8,13,17-18H,4-5,7,9-10H2,1-3H3/t13-,15-/m1/s1. The summed E-state index contributed by atoms with van der Waals surface area (Å²) in [6.07, 6.45) is 5.02. The van der Waals surface area contributed by atoms with E-state index in [9.17, 15) is 5.11 Å². The van der Waals surface area contributed by atoms with Gasteiger partial charge in [-0.25, -0.2) is 0 Å². The Balaban J connectivity index is 2.08. The van der Waals surface area contributed by atoms with Crippen LogP contribution in [0.5, 0.6) is 11.5 Å². The van der Waals surface area contributed by atoms with Crippen LogP contribution in [-0.2, 0) is 6.54 Å². The van der Waals surface area contributed by atoms with E-state index < -0.39 is 0 Å². The Kier molecular flexibility index (Phi) is 4.83. The molecular formula is C15H24N2O3. The quantitative estimate of drug-likeness (QED) is 0.831. The summed E-state index contributed by atoms with van der Waals surface area (Å²) in [5.74, 6) is 1.36. The zero-order valence-corrected chi connectivity index (χ0v) is 12.5. The van der Waals surface area contributed by atoms with Gasteiger partial charge in [0.15, 0.2) is 11.5 Å². The lowest BCUT2D eigenvalue weighted by Gasteiger charge is -2.30. The number of hydrogen-bond acceptors (Lipinski definition) is 5. The van der Waals surface area contributed by atoms with E-state index in [0.29, 0.717) is 24.1 Å². The summed E-state index contributed by atoms with van der Waals surface area (Å²) in [5.41, 5.74) is 0.797. The number of hydrogen-bond donors (Lipinski definition) is 2. The third-order valence-corrected chi connectivity index (χ3v) is 4.33. The molecule has 0 aromatic carbocycles. The number of methoxy groups -OCH3 is 2. The molecule has 1 aromatic heterocycles. The molecule has 1 aliphatic carbocycles. The third kappa shape index (κ3) is 2.88. The maximum atomic E-state index is 9.58. The van der Waals surface area contributed by atoms with Crippen LogP contribution in [0.1, 0.15) is 31.9 Å². The second-order valence-electron chi connectivity index (χ2n) is 5.63. The van der Waals surface area contributed by atoms with Crippen LogP contribution in [0, 0.1) is 5.41 Å². The van der Waals surface area contributed by atoms with Gasteiger partial charge in [-0.15, -0.1) is 0 Å². The van der Waals surface area contributed by atoms with Crippen LogP contribution in [0.15, 0.2) is 12.3 Å². The fourth-order valence-electron chi connectivity index (χ4n) is 2.97.